The molecule has 21 heavy (non-hydrogen) atoms. The van der Waals surface area contributed by atoms with E-state index in [1.165, 1.54) is 4.90 Å². The maximum Gasteiger partial charge on any atom is 0.345 e. The largest absolute Gasteiger partial charge is 0.467 e. The van der Waals surface area contributed by atoms with Gasteiger partial charge in [0.05, 0.1) is 19.2 Å². The summed E-state index contributed by atoms with van der Waals surface area (Å²) in [6.45, 7) is -0.148. The Labute approximate surface area is 119 Å². The number of likely N-dealkylation sites (tertiary alicyclic amines) is 1. The third-order valence-corrected chi connectivity index (χ3v) is 3.73. The zero-order chi connectivity index (χ0) is 15.0. The Morgan fingerprint density at radius 3 is 2.95 bits per heavy atom. The lowest BCUT2D eigenvalue weighted by molar-refractivity contribution is -0.153. The first-order chi connectivity index (χ1) is 10.0. The monoisotopic (exact) mass is 291 g/mol. The van der Waals surface area contributed by atoms with Crippen LogP contribution in [0.15, 0.2) is 24.3 Å². The third-order valence-electron chi connectivity index (χ3n) is 3.73. The minimum Gasteiger partial charge on any atom is -0.467 e. The second-order valence-corrected chi connectivity index (χ2v) is 5.05. The highest BCUT2D eigenvalue weighted by Crippen LogP contribution is 2.29. The van der Waals surface area contributed by atoms with Gasteiger partial charge in [-0.3, -0.25) is 9.89 Å². The van der Waals surface area contributed by atoms with Crippen molar-refractivity contribution in [3.8, 4) is 0 Å². The number of carbonyl (C=O) groups excluding carboxylic acids is 2. The van der Waals surface area contributed by atoms with Crippen molar-refractivity contribution < 1.29 is 18.7 Å². The van der Waals surface area contributed by atoms with Crippen LogP contribution in [-0.4, -0.2) is 52.8 Å². The highest BCUT2D eigenvalue weighted by Gasteiger charge is 2.48. The summed E-state index contributed by atoms with van der Waals surface area (Å²) in [7, 11) is 1.13. The average Bonchev–Trinajstić information content (AvgIpc) is 3.10. The molecule has 0 aliphatic carbocycles. The number of ether oxygens (including phenoxy) is 1. The molecule has 0 saturated carbocycles. The molecule has 1 aliphatic rings. The van der Waals surface area contributed by atoms with E-state index >= 15 is 0 Å². The van der Waals surface area contributed by atoms with Crippen molar-refractivity contribution in [2.75, 3.05) is 20.2 Å². The molecule has 7 heteroatoms. The van der Waals surface area contributed by atoms with Crippen molar-refractivity contribution in [3.63, 3.8) is 0 Å². The van der Waals surface area contributed by atoms with E-state index in [0.717, 1.165) is 12.6 Å². The van der Waals surface area contributed by atoms with E-state index in [9.17, 15) is 14.0 Å². The molecule has 0 unspecified atom stereocenters. The number of alkyl halides is 1. The van der Waals surface area contributed by atoms with E-state index in [4.69, 9.17) is 0 Å². The van der Waals surface area contributed by atoms with Gasteiger partial charge in [0, 0.05) is 18.4 Å². The molecule has 0 radical (unpaired) electrons. The van der Waals surface area contributed by atoms with Gasteiger partial charge in [0.1, 0.15) is 0 Å². The molecular formula is C14H14FN3O3. The van der Waals surface area contributed by atoms with Crippen LogP contribution in [0.3, 0.4) is 0 Å². The molecule has 1 N–H and O–H groups in total. The summed E-state index contributed by atoms with van der Waals surface area (Å²) >= 11 is 0. The van der Waals surface area contributed by atoms with E-state index in [-0.39, 0.29) is 25.2 Å². The minimum atomic E-state index is -2.13. The van der Waals surface area contributed by atoms with Crippen molar-refractivity contribution in [3.05, 3.63) is 30.0 Å². The number of amides is 1. The predicted octanol–water partition coefficient (Wildman–Crippen LogP) is 1.29. The Balaban J connectivity index is 1.86. The Hall–Kier alpha value is -2.44. The van der Waals surface area contributed by atoms with Gasteiger partial charge in [0.25, 0.3) is 5.91 Å². The van der Waals surface area contributed by atoms with Crippen LogP contribution in [-0.2, 0) is 9.53 Å². The van der Waals surface area contributed by atoms with Gasteiger partial charge in [-0.15, -0.1) is 0 Å². The van der Waals surface area contributed by atoms with Crippen LogP contribution in [0.4, 0.5) is 4.39 Å². The molecule has 1 aromatic carbocycles. The third kappa shape index (κ3) is 2.14. The van der Waals surface area contributed by atoms with Crippen LogP contribution in [0.1, 0.15) is 16.9 Å². The molecule has 0 spiro atoms. The number of halogens is 1. The first-order valence-corrected chi connectivity index (χ1v) is 6.55. The minimum absolute atomic E-state index is 0.0617. The number of aromatic nitrogens is 2. The Morgan fingerprint density at radius 2 is 2.19 bits per heavy atom. The van der Waals surface area contributed by atoms with Crippen LogP contribution in [0, 0.1) is 0 Å². The van der Waals surface area contributed by atoms with Crippen LogP contribution in [0.2, 0.25) is 0 Å². The maximum atomic E-state index is 14.4. The van der Waals surface area contributed by atoms with Crippen molar-refractivity contribution in [2.24, 2.45) is 0 Å². The number of hydrogen-bond acceptors (Lipinski definition) is 4. The number of carbonyl (C=O) groups is 2. The summed E-state index contributed by atoms with van der Waals surface area (Å²) in [5.74, 6) is -1.33. The summed E-state index contributed by atoms with van der Waals surface area (Å²) in [6.07, 6.45) is -0.0617. The number of nitrogens with one attached hydrogen (secondary N) is 1. The molecular weight excluding hydrogens is 277 g/mol. The molecule has 1 aromatic heterocycles. The van der Waals surface area contributed by atoms with Gasteiger partial charge >= 0.3 is 5.97 Å². The smallest absolute Gasteiger partial charge is 0.345 e. The number of aromatic amines is 1. The first kappa shape index (κ1) is 13.5. The molecule has 1 aliphatic heterocycles. The molecule has 1 fully saturated rings. The molecule has 2 aromatic rings. The Bertz CT molecular complexity index is 714. The molecule has 0 bridgehead atoms. The van der Waals surface area contributed by atoms with Crippen LogP contribution in [0.5, 0.6) is 0 Å². The normalized spacial score (nSPS) is 21.7. The van der Waals surface area contributed by atoms with Gasteiger partial charge in [0.15, 0.2) is 5.69 Å². The second-order valence-electron chi connectivity index (χ2n) is 5.05. The molecule has 3 rings (SSSR count). The first-order valence-electron chi connectivity index (χ1n) is 6.55. The molecule has 1 saturated heterocycles. The van der Waals surface area contributed by atoms with E-state index in [2.05, 4.69) is 14.9 Å². The number of para-hydroxylation sites is 1. The maximum absolute atomic E-state index is 14.4. The zero-order valence-electron chi connectivity index (χ0n) is 11.4. The Kier molecular flexibility index (Phi) is 3.12. The predicted molar refractivity (Wildman–Crippen MR) is 72.5 cm³/mol. The average molecular weight is 291 g/mol. The van der Waals surface area contributed by atoms with E-state index in [1.807, 2.05) is 6.07 Å². The van der Waals surface area contributed by atoms with E-state index in [0.29, 0.717) is 5.39 Å². The van der Waals surface area contributed by atoms with Crippen molar-refractivity contribution in [2.45, 2.75) is 12.1 Å². The number of benzene rings is 1. The lowest BCUT2D eigenvalue weighted by Crippen LogP contribution is -2.39. The molecule has 2 heterocycles. The van der Waals surface area contributed by atoms with Gasteiger partial charge in [-0.05, 0) is 6.07 Å². The van der Waals surface area contributed by atoms with E-state index in [1.54, 1.807) is 18.2 Å². The van der Waals surface area contributed by atoms with Gasteiger partial charge in [-0.2, -0.15) is 5.10 Å². The zero-order valence-corrected chi connectivity index (χ0v) is 11.4. The number of methoxy groups -OCH3 is 1. The fraction of sp³-hybridized carbons (Fsp3) is 0.357. The number of nitrogens with zero attached hydrogens (tertiary/aromatic N) is 2. The SMILES string of the molecule is COC(=O)[C@@]1(F)CCN(C(=O)c2n[nH]c3ccccc23)C1. The number of esters is 1. The number of hydrogen-bond donors (Lipinski definition) is 1. The number of fused-ring (bicyclic) bond motifs is 1. The Morgan fingerprint density at radius 1 is 1.43 bits per heavy atom. The van der Waals surface area contributed by atoms with Gasteiger partial charge in [0.2, 0.25) is 5.67 Å². The standard InChI is InChI=1S/C14H14FN3O3/c1-21-13(20)14(15)6-7-18(8-14)12(19)11-9-4-2-3-5-10(9)16-17-11/h2-5H,6-8H2,1H3,(H,16,17)/t14-/m1/s1. The molecule has 1 amide bonds. The summed E-state index contributed by atoms with van der Waals surface area (Å²) in [5, 5.41) is 7.44. The summed E-state index contributed by atoms with van der Waals surface area (Å²) < 4.78 is 18.8. The fourth-order valence-corrected chi connectivity index (χ4v) is 2.57. The number of H-pyrrole nitrogens is 1. The van der Waals surface area contributed by atoms with Gasteiger partial charge in [-0.1, -0.05) is 18.2 Å². The second kappa shape index (κ2) is 4.83. The van der Waals surface area contributed by atoms with Gasteiger partial charge < -0.3 is 9.64 Å². The van der Waals surface area contributed by atoms with Crippen LogP contribution < -0.4 is 0 Å². The highest BCUT2D eigenvalue weighted by atomic mass is 19.1. The van der Waals surface area contributed by atoms with Gasteiger partial charge in [-0.25, -0.2) is 9.18 Å². The molecule has 1 atom stereocenters. The number of rotatable bonds is 2. The van der Waals surface area contributed by atoms with Crippen molar-refractivity contribution >= 4 is 22.8 Å². The van der Waals surface area contributed by atoms with Crippen LogP contribution >= 0.6 is 0 Å². The van der Waals surface area contributed by atoms with Crippen LogP contribution in [0.25, 0.3) is 10.9 Å². The molecule has 6 nitrogen and oxygen atoms in total. The van der Waals surface area contributed by atoms with E-state index < -0.39 is 17.5 Å². The van der Waals surface area contributed by atoms with Crippen molar-refractivity contribution in [1.82, 2.24) is 15.1 Å². The summed E-state index contributed by atoms with van der Waals surface area (Å²) in [5.41, 5.74) is -1.16. The highest BCUT2D eigenvalue weighted by molar-refractivity contribution is 6.05. The topological polar surface area (TPSA) is 75.3 Å². The fourth-order valence-electron chi connectivity index (χ4n) is 2.57. The summed E-state index contributed by atoms with van der Waals surface area (Å²) in [4.78, 5) is 25.2. The lowest BCUT2D eigenvalue weighted by atomic mass is 10.1. The van der Waals surface area contributed by atoms with Crippen molar-refractivity contribution in [1.29, 1.82) is 0 Å². The lowest BCUT2D eigenvalue weighted by Gasteiger charge is -2.18. The summed E-state index contributed by atoms with van der Waals surface area (Å²) in [6, 6.07) is 7.20. The molecule has 110 valence electrons. The quantitative estimate of drug-likeness (QED) is 0.846.